The third kappa shape index (κ3) is 3.18. The van der Waals surface area contributed by atoms with Crippen LogP contribution in [0, 0.1) is 17.5 Å². The molecule has 0 amide bonds. The van der Waals surface area contributed by atoms with E-state index in [0.717, 1.165) is 25.5 Å². The minimum atomic E-state index is -1.20. The monoisotopic (exact) mass is 278 g/mol. The number of ether oxygens (including phenoxy) is 1. The maximum atomic E-state index is 13.5. The van der Waals surface area contributed by atoms with Crippen molar-refractivity contribution in [3.05, 3.63) is 35.1 Å². The van der Waals surface area contributed by atoms with Crippen LogP contribution in [-0.4, -0.2) is 12.7 Å². The summed E-state index contributed by atoms with van der Waals surface area (Å²) in [7, 11) is 0. The van der Waals surface area contributed by atoms with Crippen LogP contribution in [0.1, 0.15) is 36.6 Å². The van der Waals surface area contributed by atoms with Crippen molar-refractivity contribution >= 4 is 11.6 Å². The molecule has 1 saturated heterocycles. The Morgan fingerprint density at radius 1 is 1.22 bits per heavy atom. The Hall–Kier alpha value is -0.740. The number of halogens is 4. The Morgan fingerprint density at radius 2 is 1.94 bits per heavy atom. The highest BCUT2D eigenvalue weighted by Gasteiger charge is 2.20. The first-order valence-electron chi connectivity index (χ1n) is 5.98. The van der Waals surface area contributed by atoms with Crippen molar-refractivity contribution in [2.75, 3.05) is 6.61 Å². The Morgan fingerprint density at radius 3 is 2.61 bits per heavy atom. The second kappa shape index (κ2) is 5.93. The van der Waals surface area contributed by atoms with Crippen LogP contribution >= 0.6 is 11.6 Å². The van der Waals surface area contributed by atoms with Gasteiger partial charge in [0.2, 0.25) is 0 Å². The molecule has 100 valence electrons. The molecular weight excluding hydrogens is 265 g/mol. The van der Waals surface area contributed by atoms with Crippen LogP contribution in [0.2, 0.25) is 0 Å². The molecule has 0 bridgehead atoms. The average molecular weight is 279 g/mol. The normalized spacial score (nSPS) is 21.2. The first kappa shape index (κ1) is 13.7. The lowest BCUT2D eigenvalue weighted by molar-refractivity contribution is 0.102. The van der Waals surface area contributed by atoms with Gasteiger partial charge in [-0.2, -0.15) is 0 Å². The number of hydrogen-bond acceptors (Lipinski definition) is 1. The van der Waals surface area contributed by atoms with Crippen molar-refractivity contribution in [2.45, 2.75) is 37.2 Å². The largest absolute Gasteiger partial charge is 0.378 e. The quantitative estimate of drug-likeness (QED) is 0.588. The van der Waals surface area contributed by atoms with Gasteiger partial charge in [0, 0.05) is 18.2 Å². The van der Waals surface area contributed by atoms with E-state index in [-0.39, 0.29) is 11.7 Å². The van der Waals surface area contributed by atoms with E-state index in [4.69, 9.17) is 16.3 Å². The van der Waals surface area contributed by atoms with E-state index in [2.05, 4.69) is 0 Å². The van der Waals surface area contributed by atoms with Crippen LogP contribution in [0.15, 0.2) is 12.1 Å². The molecule has 0 radical (unpaired) electrons. The van der Waals surface area contributed by atoms with E-state index in [1.54, 1.807) is 0 Å². The summed E-state index contributed by atoms with van der Waals surface area (Å²) in [5.41, 5.74) is 0.00793. The minimum absolute atomic E-state index is 0.00793. The maximum absolute atomic E-state index is 13.5. The molecule has 1 fully saturated rings. The van der Waals surface area contributed by atoms with Gasteiger partial charge in [-0.3, -0.25) is 0 Å². The molecule has 0 spiro atoms. The Bertz CT molecular complexity index is 419. The van der Waals surface area contributed by atoms with Gasteiger partial charge in [-0.25, -0.2) is 13.2 Å². The zero-order chi connectivity index (χ0) is 13.1. The molecule has 0 N–H and O–H groups in total. The third-order valence-electron chi connectivity index (χ3n) is 3.14. The maximum Gasteiger partial charge on any atom is 0.161 e. The Labute approximate surface area is 109 Å². The molecule has 1 aromatic carbocycles. The van der Waals surface area contributed by atoms with Crippen molar-refractivity contribution in [1.82, 2.24) is 0 Å². The number of benzene rings is 1. The third-order valence-corrected chi connectivity index (χ3v) is 3.60. The van der Waals surface area contributed by atoms with Crippen LogP contribution in [0.3, 0.4) is 0 Å². The van der Waals surface area contributed by atoms with Crippen molar-refractivity contribution in [3.63, 3.8) is 0 Å². The van der Waals surface area contributed by atoms with Crippen molar-refractivity contribution < 1.29 is 17.9 Å². The summed E-state index contributed by atoms with van der Waals surface area (Å²) in [6, 6.07) is 1.37. The van der Waals surface area contributed by atoms with E-state index in [9.17, 15) is 13.2 Å². The lowest BCUT2D eigenvalue weighted by atomic mass is 10.0. The smallest absolute Gasteiger partial charge is 0.161 e. The van der Waals surface area contributed by atoms with Gasteiger partial charge in [0.1, 0.15) is 5.82 Å². The molecule has 18 heavy (non-hydrogen) atoms. The molecule has 1 aromatic rings. The van der Waals surface area contributed by atoms with Crippen molar-refractivity contribution in [1.29, 1.82) is 0 Å². The zero-order valence-electron chi connectivity index (χ0n) is 9.77. The topological polar surface area (TPSA) is 9.23 Å². The first-order chi connectivity index (χ1) is 8.58. The fourth-order valence-electron chi connectivity index (χ4n) is 2.14. The molecule has 2 unspecified atom stereocenters. The lowest BCUT2D eigenvalue weighted by Gasteiger charge is -2.14. The average Bonchev–Trinajstić information content (AvgIpc) is 2.84. The van der Waals surface area contributed by atoms with Crippen LogP contribution < -0.4 is 0 Å². The van der Waals surface area contributed by atoms with Crippen molar-refractivity contribution in [3.8, 4) is 0 Å². The molecule has 2 atom stereocenters. The highest BCUT2D eigenvalue weighted by molar-refractivity contribution is 6.20. The van der Waals surface area contributed by atoms with E-state index in [1.807, 2.05) is 0 Å². The molecule has 1 heterocycles. The highest BCUT2D eigenvalue weighted by atomic mass is 35.5. The van der Waals surface area contributed by atoms with Gasteiger partial charge in [0.15, 0.2) is 11.6 Å². The molecule has 1 aliphatic heterocycles. The predicted octanol–water partition coefficient (Wildman–Crippen LogP) is 4.34. The Balaban J connectivity index is 1.99. The molecule has 2 rings (SSSR count). The van der Waals surface area contributed by atoms with Gasteiger partial charge in [0.25, 0.3) is 0 Å². The van der Waals surface area contributed by atoms with Crippen LogP contribution in [-0.2, 0) is 4.74 Å². The van der Waals surface area contributed by atoms with E-state index in [1.165, 1.54) is 0 Å². The van der Waals surface area contributed by atoms with Gasteiger partial charge < -0.3 is 4.74 Å². The van der Waals surface area contributed by atoms with Gasteiger partial charge in [0.05, 0.1) is 11.5 Å². The molecule has 5 heteroatoms. The van der Waals surface area contributed by atoms with E-state index >= 15 is 0 Å². The van der Waals surface area contributed by atoms with E-state index < -0.39 is 22.8 Å². The van der Waals surface area contributed by atoms with Gasteiger partial charge in [-0.15, -0.1) is 11.6 Å². The lowest BCUT2D eigenvalue weighted by Crippen LogP contribution is -2.07. The number of alkyl halides is 1. The fraction of sp³-hybridized carbons (Fsp3) is 0.538. The number of hydrogen-bond donors (Lipinski definition) is 0. The molecule has 0 saturated carbocycles. The summed E-state index contributed by atoms with van der Waals surface area (Å²) in [4.78, 5) is 0. The highest BCUT2D eigenvalue weighted by Crippen LogP contribution is 2.31. The SMILES string of the molecule is Fc1cc(F)c(C(Cl)CCC2CCCO2)cc1F. The second-order valence-electron chi connectivity index (χ2n) is 4.47. The van der Waals surface area contributed by atoms with Crippen LogP contribution in [0.25, 0.3) is 0 Å². The van der Waals surface area contributed by atoms with E-state index in [0.29, 0.717) is 18.9 Å². The molecule has 0 aromatic heterocycles. The second-order valence-corrected chi connectivity index (χ2v) is 4.99. The summed E-state index contributed by atoms with van der Waals surface area (Å²) in [5, 5.41) is -0.663. The fourth-order valence-corrected chi connectivity index (χ4v) is 2.43. The molecular formula is C13H14ClF3O. The van der Waals surface area contributed by atoms with Crippen molar-refractivity contribution in [2.24, 2.45) is 0 Å². The first-order valence-corrected chi connectivity index (χ1v) is 6.41. The standard InChI is InChI=1S/C13H14ClF3O/c14-10(4-3-8-2-1-5-18-8)9-6-12(16)13(17)7-11(9)15/h6-8,10H,1-5H2. The van der Waals surface area contributed by atoms with Crippen LogP contribution in [0.4, 0.5) is 13.2 Å². The van der Waals surface area contributed by atoms with Gasteiger partial charge in [-0.1, -0.05) is 0 Å². The van der Waals surface area contributed by atoms with Gasteiger partial charge >= 0.3 is 0 Å². The van der Waals surface area contributed by atoms with Crippen LogP contribution in [0.5, 0.6) is 0 Å². The summed E-state index contributed by atoms with van der Waals surface area (Å²) in [6.45, 7) is 0.747. The molecule has 1 nitrogen and oxygen atoms in total. The van der Waals surface area contributed by atoms with Gasteiger partial charge in [-0.05, 0) is 31.7 Å². The summed E-state index contributed by atoms with van der Waals surface area (Å²) in [5.74, 6) is -3.07. The molecule has 1 aliphatic rings. The predicted molar refractivity (Wildman–Crippen MR) is 63.1 cm³/mol. The minimum Gasteiger partial charge on any atom is -0.378 e. The number of rotatable bonds is 4. The Kier molecular flexibility index (Phi) is 4.51. The zero-order valence-corrected chi connectivity index (χ0v) is 10.5. The summed E-state index contributed by atoms with van der Waals surface area (Å²) >= 11 is 6.03. The summed E-state index contributed by atoms with van der Waals surface area (Å²) < 4.78 is 44.7. The summed E-state index contributed by atoms with van der Waals surface area (Å²) in [6.07, 6.45) is 3.33. The molecule has 0 aliphatic carbocycles.